The number of nitrogens with one attached hydrogen (secondary N) is 1. The average Bonchev–Trinajstić information content (AvgIpc) is 2.80. The summed E-state index contributed by atoms with van der Waals surface area (Å²) in [5.41, 5.74) is 12.5. The number of nitrogens with zero attached hydrogens (tertiary/aromatic N) is 3. The van der Waals surface area contributed by atoms with E-state index in [1.54, 1.807) is 10.9 Å². The van der Waals surface area contributed by atoms with E-state index in [0.29, 0.717) is 5.16 Å². The fourth-order valence-electron chi connectivity index (χ4n) is 1.83. The summed E-state index contributed by atoms with van der Waals surface area (Å²) >= 11 is 1.39. The highest BCUT2D eigenvalue weighted by atomic mass is 32.2. The van der Waals surface area contributed by atoms with Gasteiger partial charge in [0, 0.05) is 30.9 Å². The van der Waals surface area contributed by atoms with Gasteiger partial charge in [0.2, 0.25) is 0 Å². The number of aryl methyl sites for hydroxylation is 1. The Balaban J connectivity index is 2.30. The van der Waals surface area contributed by atoms with Crippen LogP contribution < -0.4 is 17.0 Å². The number of nitrogens with two attached hydrogens (primary N) is 2. The maximum absolute atomic E-state index is 11.4. The highest BCUT2D eigenvalue weighted by Gasteiger charge is 2.22. The SMILES string of the molecule is CCC(N)C(Sc1nc(N)cc(=O)[nH]1)c1cnn(C)c1. The van der Waals surface area contributed by atoms with Crippen LogP contribution in [0.3, 0.4) is 0 Å². The Hall–Kier alpha value is -1.80. The molecule has 2 unspecified atom stereocenters. The largest absolute Gasteiger partial charge is 0.383 e. The predicted molar refractivity (Wildman–Crippen MR) is 79.3 cm³/mol. The summed E-state index contributed by atoms with van der Waals surface area (Å²) in [6, 6.07) is 1.18. The first-order valence-corrected chi connectivity index (χ1v) is 7.15. The van der Waals surface area contributed by atoms with E-state index in [1.165, 1.54) is 17.8 Å². The number of aromatic amines is 1. The molecule has 7 nitrogen and oxygen atoms in total. The van der Waals surface area contributed by atoms with Gasteiger partial charge in [0.15, 0.2) is 5.16 Å². The third kappa shape index (κ3) is 3.40. The number of hydrogen-bond donors (Lipinski definition) is 3. The van der Waals surface area contributed by atoms with Crippen molar-refractivity contribution in [2.75, 3.05) is 5.73 Å². The summed E-state index contributed by atoms with van der Waals surface area (Å²) in [5.74, 6) is 0.200. The zero-order valence-electron chi connectivity index (χ0n) is 11.4. The molecule has 0 bridgehead atoms. The molecule has 108 valence electrons. The van der Waals surface area contributed by atoms with Crippen LogP contribution in [-0.2, 0) is 7.05 Å². The number of aromatic nitrogens is 4. The monoisotopic (exact) mass is 294 g/mol. The van der Waals surface area contributed by atoms with Gasteiger partial charge in [-0.3, -0.25) is 9.48 Å². The molecule has 0 aromatic carbocycles. The summed E-state index contributed by atoms with van der Waals surface area (Å²) in [4.78, 5) is 18.2. The molecular weight excluding hydrogens is 276 g/mol. The summed E-state index contributed by atoms with van der Waals surface area (Å²) in [6.45, 7) is 2.02. The van der Waals surface area contributed by atoms with E-state index in [9.17, 15) is 4.79 Å². The molecular formula is C12H18N6OS. The lowest BCUT2D eigenvalue weighted by atomic mass is 10.1. The van der Waals surface area contributed by atoms with Gasteiger partial charge in [0.25, 0.3) is 5.56 Å². The first-order valence-electron chi connectivity index (χ1n) is 6.27. The molecule has 0 radical (unpaired) electrons. The third-order valence-corrected chi connectivity index (χ3v) is 4.18. The molecule has 0 saturated heterocycles. The van der Waals surface area contributed by atoms with E-state index in [4.69, 9.17) is 11.5 Å². The molecule has 2 aromatic rings. The lowest BCUT2D eigenvalue weighted by Gasteiger charge is -2.20. The second-order valence-corrected chi connectivity index (χ2v) is 5.66. The molecule has 0 aliphatic carbocycles. The Morgan fingerprint density at radius 1 is 1.55 bits per heavy atom. The minimum atomic E-state index is -0.269. The zero-order chi connectivity index (χ0) is 14.7. The van der Waals surface area contributed by atoms with E-state index in [-0.39, 0.29) is 22.7 Å². The van der Waals surface area contributed by atoms with Crippen molar-refractivity contribution in [3.63, 3.8) is 0 Å². The molecule has 0 aliphatic heterocycles. The highest BCUT2D eigenvalue weighted by Crippen LogP contribution is 2.35. The van der Waals surface area contributed by atoms with Crippen LogP contribution >= 0.6 is 11.8 Å². The van der Waals surface area contributed by atoms with Crippen molar-refractivity contribution in [2.45, 2.75) is 29.8 Å². The first kappa shape index (κ1) is 14.6. The molecule has 0 spiro atoms. The molecule has 0 aliphatic rings. The standard InChI is InChI=1S/C12H18N6OS/c1-3-8(13)11(7-5-15-18(2)6-7)20-12-16-9(14)4-10(19)17-12/h4-6,8,11H,3,13H2,1-2H3,(H3,14,16,17,19). The molecule has 0 amide bonds. The number of hydrogen-bond acceptors (Lipinski definition) is 6. The van der Waals surface area contributed by atoms with E-state index in [2.05, 4.69) is 15.1 Å². The van der Waals surface area contributed by atoms with Gasteiger partial charge < -0.3 is 16.5 Å². The van der Waals surface area contributed by atoms with Crippen molar-refractivity contribution >= 4 is 17.6 Å². The fourth-order valence-corrected chi connectivity index (χ4v) is 3.02. The van der Waals surface area contributed by atoms with Gasteiger partial charge in [0.05, 0.1) is 11.4 Å². The van der Waals surface area contributed by atoms with Gasteiger partial charge in [-0.1, -0.05) is 18.7 Å². The Morgan fingerprint density at radius 2 is 2.30 bits per heavy atom. The van der Waals surface area contributed by atoms with Crippen molar-refractivity contribution < 1.29 is 0 Å². The van der Waals surface area contributed by atoms with Crippen molar-refractivity contribution in [1.29, 1.82) is 0 Å². The number of H-pyrrole nitrogens is 1. The topological polar surface area (TPSA) is 116 Å². The Bertz CT molecular complexity index is 637. The van der Waals surface area contributed by atoms with E-state index < -0.39 is 0 Å². The highest BCUT2D eigenvalue weighted by molar-refractivity contribution is 7.99. The van der Waals surface area contributed by atoms with Crippen molar-refractivity contribution in [1.82, 2.24) is 19.7 Å². The smallest absolute Gasteiger partial charge is 0.253 e. The van der Waals surface area contributed by atoms with Gasteiger partial charge >= 0.3 is 0 Å². The number of rotatable bonds is 5. The van der Waals surface area contributed by atoms with Crippen LogP contribution in [0.4, 0.5) is 5.82 Å². The van der Waals surface area contributed by atoms with Crippen molar-refractivity contribution in [3.8, 4) is 0 Å². The number of anilines is 1. The molecule has 0 fully saturated rings. The summed E-state index contributed by atoms with van der Waals surface area (Å²) < 4.78 is 1.72. The van der Waals surface area contributed by atoms with Gasteiger partial charge in [-0.2, -0.15) is 5.10 Å². The van der Waals surface area contributed by atoms with Crippen LogP contribution in [0.5, 0.6) is 0 Å². The second-order valence-electron chi connectivity index (χ2n) is 4.53. The number of thioether (sulfide) groups is 1. The Morgan fingerprint density at radius 3 is 2.85 bits per heavy atom. The fraction of sp³-hybridized carbons (Fsp3) is 0.417. The van der Waals surface area contributed by atoms with Crippen LogP contribution in [0.1, 0.15) is 24.2 Å². The number of nitrogen functional groups attached to an aromatic ring is 1. The second kappa shape index (κ2) is 6.10. The van der Waals surface area contributed by atoms with Crippen molar-refractivity contribution in [3.05, 3.63) is 34.4 Å². The molecule has 20 heavy (non-hydrogen) atoms. The van der Waals surface area contributed by atoms with Crippen LogP contribution in [-0.4, -0.2) is 25.8 Å². The van der Waals surface area contributed by atoms with Gasteiger partial charge in [0.1, 0.15) is 5.82 Å². The first-order chi connectivity index (χ1) is 9.49. The summed E-state index contributed by atoms with van der Waals surface area (Å²) in [7, 11) is 1.85. The molecule has 5 N–H and O–H groups in total. The van der Waals surface area contributed by atoms with Gasteiger partial charge in [-0.15, -0.1) is 0 Å². The Labute approximate surface area is 120 Å². The normalized spacial score (nSPS) is 14.2. The molecule has 2 aromatic heterocycles. The summed E-state index contributed by atoms with van der Waals surface area (Å²) in [5, 5.41) is 4.58. The molecule has 0 saturated carbocycles. The van der Waals surface area contributed by atoms with Crippen molar-refractivity contribution in [2.24, 2.45) is 12.8 Å². The van der Waals surface area contributed by atoms with Crippen LogP contribution in [0.25, 0.3) is 0 Å². The third-order valence-electron chi connectivity index (χ3n) is 2.89. The molecule has 8 heteroatoms. The van der Waals surface area contributed by atoms with E-state index >= 15 is 0 Å². The molecule has 2 rings (SSSR count). The predicted octanol–water partition coefficient (Wildman–Crippen LogP) is 0.656. The average molecular weight is 294 g/mol. The lowest BCUT2D eigenvalue weighted by molar-refractivity contribution is 0.631. The minimum absolute atomic E-state index is 0.0429. The van der Waals surface area contributed by atoms with E-state index in [0.717, 1.165) is 12.0 Å². The van der Waals surface area contributed by atoms with Crippen LogP contribution in [0, 0.1) is 0 Å². The Kier molecular flexibility index (Phi) is 4.46. The minimum Gasteiger partial charge on any atom is -0.383 e. The molecule has 2 atom stereocenters. The lowest BCUT2D eigenvalue weighted by Crippen LogP contribution is -2.26. The van der Waals surface area contributed by atoms with Gasteiger partial charge in [-0.25, -0.2) is 4.98 Å². The van der Waals surface area contributed by atoms with Crippen LogP contribution in [0.2, 0.25) is 0 Å². The van der Waals surface area contributed by atoms with Gasteiger partial charge in [-0.05, 0) is 6.42 Å². The van der Waals surface area contributed by atoms with E-state index in [1.807, 2.05) is 20.2 Å². The maximum atomic E-state index is 11.4. The molecule has 2 heterocycles. The van der Waals surface area contributed by atoms with Crippen LogP contribution in [0.15, 0.2) is 28.4 Å². The zero-order valence-corrected chi connectivity index (χ0v) is 12.2. The quantitative estimate of drug-likeness (QED) is 0.551. The summed E-state index contributed by atoms with van der Waals surface area (Å²) in [6.07, 6.45) is 4.49. The maximum Gasteiger partial charge on any atom is 0.253 e.